The molecule has 0 bridgehead atoms. The summed E-state index contributed by atoms with van der Waals surface area (Å²) in [6, 6.07) is 26.7. The van der Waals surface area contributed by atoms with Crippen molar-refractivity contribution in [2.45, 2.75) is 57.2 Å². The molecule has 1 saturated heterocycles. The highest BCUT2D eigenvalue weighted by atomic mass is 16.2. The lowest BCUT2D eigenvalue weighted by Gasteiger charge is -2.37. The summed E-state index contributed by atoms with van der Waals surface area (Å²) in [4.78, 5) is 22.2. The topological polar surface area (TPSA) is 108 Å². The van der Waals surface area contributed by atoms with Crippen molar-refractivity contribution >= 4 is 23.2 Å². The van der Waals surface area contributed by atoms with Crippen molar-refractivity contribution in [2.24, 2.45) is 5.92 Å². The van der Waals surface area contributed by atoms with Gasteiger partial charge in [-0.25, -0.2) is 9.78 Å². The van der Waals surface area contributed by atoms with E-state index in [0.29, 0.717) is 12.1 Å². The van der Waals surface area contributed by atoms with Crippen LogP contribution >= 0.6 is 0 Å². The minimum atomic E-state index is -0.0865. The van der Waals surface area contributed by atoms with Gasteiger partial charge >= 0.3 is 6.03 Å². The van der Waals surface area contributed by atoms with Crippen LogP contribution in [-0.4, -0.2) is 36.2 Å². The Labute approximate surface area is 236 Å². The monoisotopic (exact) mass is 533 g/mol. The van der Waals surface area contributed by atoms with Crippen LogP contribution in [0, 0.1) is 28.6 Å². The molecule has 1 aliphatic carbocycles. The van der Waals surface area contributed by atoms with E-state index in [1.54, 1.807) is 12.3 Å². The van der Waals surface area contributed by atoms with Gasteiger partial charge in [0, 0.05) is 55.2 Å². The summed E-state index contributed by atoms with van der Waals surface area (Å²) >= 11 is 0. The first-order valence-electron chi connectivity index (χ1n) is 14.1. The Bertz CT molecular complexity index is 1330. The quantitative estimate of drug-likeness (QED) is 0.395. The molecule has 2 fully saturated rings. The molecule has 2 amide bonds. The van der Waals surface area contributed by atoms with Crippen molar-refractivity contribution in [3.63, 3.8) is 0 Å². The number of nitrogens with zero attached hydrogens (tertiary/aromatic N) is 5. The van der Waals surface area contributed by atoms with Crippen molar-refractivity contribution in [2.75, 3.05) is 28.2 Å². The van der Waals surface area contributed by atoms with Gasteiger partial charge in [-0.1, -0.05) is 30.3 Å². The van der Waals surface area contributed by atoms with Crippen molar-refractivity contribution in [3.05, 3.63) is 84.1 Å². The fourth-order valence-corrected chi connectivity index (χ4v) is 5.68. The summed E-state index contributed by atoms with van der Waals surface area (Å²) in [6.45, 7) is 2.23. The maximum absolute atomic E-state index is 13.6. The largest absolute Gasteiger partial charge is 0.371 e. The first-order chi connectivity index (χ1) is 19.6. The molecule has 2 aliphatic rings. The van der Waals surface area contributed by atoms with E-state index in [1.165, 1.54) is 0 Å². The van der Waals surface area contributed by atoms with Gasteiger partial charge in [-0.3, -0.25) is 4.90 Å². The van der Waals surface area contributed by atoms with Gasteiger partial charge in [-0.2, -0.15) is 10.5 Å². The van der Waals surface area contributed by atoms with E-state index >= 15 is 0 Å². The number of pyridine rings is 1. The first kappa shape index (κ1) is 27.0. The van der Waals surface area contributed by atoms with Crippen molar-refractivity contribution < 1.29 is 4.79 Å². The highest BCUT2D eigenvalue weighted by Gasteiger charge is 2.30. The third-order valence-electron chi connectivity index (χ3n) is 7.98. The number of hydrogen-bond acceptors (Lipinski definition) is 6. The van der Waals surface area contributed by atoms with Gasteiger partial charge in [0.05, 0.1) is 11.6 Å². The van der Waals surface area contributed by atoms with E-state index in [1.807, 2.05) is 41.3 Å². The van der Waals surface area contributed by atoms with E-state index < -0.39 is 0 Å². The Morgan fingerprint density at radius 2 is 1.65 bits per heavy atom. The number of anilines is 3. The number of carbonyl (C=O) groups is 1. The molecule has 204 valence electrons. The SMILES string of the molecule is N#Cc1ccc(NC2CCC(N(C(=O)NCc3ccccc3)c3ccc(N4CCC(C#N)CC4)cc3)CC2)nc1. The summed E-state index contributed by atoms with van der Waals surface area (Å²) in [6.07, 6.45) is 6.94. The number of benzene rings is 2. The lowest BCUT2D eigenvalue weighted by Crippen LogP contribution is -2.48. The van der Waals surface area contributed by atoms with Gasteiger partial charge in [-0.15, -0.1) is 0 Å². The second kappa shape index (κ2) is 13.0. The fourth-order valence-electron chi connectivity index (χ4n) is 5.68. The van der Waals surface area contributed by atoms with Gasteiger partial charge in [0.2, 0.25) is 0 Å². The summed E-state index contributed by atoms with van der Waals surface area (Å²) in [5, 5.41) is 24.9. The number of hydrogen-bond donors (Lipinski definition) is 2. The molecule has 8 heteroatoms. The number of aromatic nitrogens is 1. The fraction of sp³-hybridized carbons (Fsp3) is 0.375. The van der Waals surface area contributed by atoms with Crippen molar-refractivity contribution in [1.29, 1.82) is 10.5 Å². The second-order valence-corrected chi connectivity index (χ2v) is 10.6. The minimum Gasteiger partial charge on any atom is -0.371 e. The van der Waals surface area contributed by atoms with Crippen LogP contribution in [0.1, 0.15) is 49.7 Å². The molecule has 8 nitrogen and oxygen atoms in total. The van der Waals surface area contributed by atoms with Crippen LogP contribution in [0.25, 0.3) is 0 Å². The maximum atomic E-state index is 13.6. The number of urea groups is 1. The van der Waals surface area contributed by atoms with Crippen molar-refractivity contribution in [1.82, 2.24) is 10.3 Å². The lowest BCUT2D eigenvalue weighted by molar-refractivity contribution is 0.240. The van der Waals surface area contributed by atoms with Crippen LogP contribution in [0.3, 0.4) is 0 Å². The van der Waals surface area contributed by atoms with Crippen LogP contribution in [0.4, 0.5) is 22.0 Å². The first-order valence-corrected chi connectivity index (χ1v) is 14.1. The van der Waals surface area contributed by atoms with Gasteiger partial charge in [0.25, 0.3) is 0 Å². The van der Waals surface area contributed by atoms with E-state index in [9.17, 15) is 10.1 Å². The summed E-state index contributed by atoms with van der Waals surface area (Å²) in [7, 11) is 0. The maximum Gasteiger partial charge on any atom is 0.322 e. The second-order valence-electron chi connectivity index (χ2n) is 10.6. The Kier molecular flexibility index (Phi) is 8.78. The average Bonchev–Trinajstić information content (AvgIpc) is 3.02. The molecule has 1 aliphatic heterocycles. The Morgan fingerprint density at radius 1 is 0.925 bits per heavy atom. The molecule has 1 aromatic heterocycles. The zero-order chi connectivity index (χ0) is 27.7. The molecular weight excluding hydrogens is 498 g/mol. The molecule has 0 atom stereocenters. The summed E-state index contributed by atoms with van der Waals surface area (Å²) in [5.41, 5.74) is 3.64. The predicted molar refractivity (Wildman–Crippen MR) is 157 cm³/mol. The van der Waals surface area contributed by atoms with Gasteiger partial charge < -0.3 is 15.5 Å². The number of piperidine rings is 1. The number of carbonyl (C=O) groups excluding carboxylic acids is 1. The van der Waals surface area contributed by atoms with Gasteiger partial charge in [0.1, 0.15) is 11.9 Å². The van der Waals surface area contributed by atoms with Gasteiger partial charge in [-0.05, 0) is 80.5 Å². The van der Waals surface area contributed by atoms with Gasteiger partial charge in [0.15, 0.2) is 0 Å². The third kappa shape index (κ3) is 6.71. The van der Waals surface area contributed by atoms with Crippen LogP contribution in [0.5, 0.6) is 0 Å². The Hall–Kier alpha value is -4.56. The normalized spacial score (nSPS) is 19.2. The zero-order valence-corrected chi connectivity index (χ0v) is 22.7. The van der Waals surface area contributed by atoms with Crippen LogP contribution in [-0.2, 0) is 6.54 Å². The van der Waals surface area contributed by atoms with Crippen LogP contribution in [0.15, 0.2) is 72.9 Å². The Balaban J connectivity index is 1.26. The third-order valence-corrected chi connectivity index (χ3v) is 7.98. The molecule has 0 unspecified atom stereocenters. The molecule has 5 rings (SSSR count). The predicted octanol–water partition coefficient (Wildman–Crippen LogP) is 5.83. The molecule has 40 heavy (non-hydrogen) atoms. The van der Waals surface area contributed by atoms with Crippen LogP contribution < -0.4 is 20.4 Å². The highest BCUT2D eigenvalue weighted by molar-refractivity contribution is 5.92. The smallest absolute Gasteiger partial charge is 0.322 e. The molecule has 0 spiro atoms. The van der Waals surface area contributed by atoms with Crippen molar-refractivity contribution in [3.8, 4) is 12.1 Å². The highest BCUT2D eigenvalue weighted by Crippen LogP contribution is 2.31. The molecular formula is C32H35N7O. The zero-order valence-electron chi connectivity index (χ0n) is 22.7. The number of nitriles is 2. The molecule has 3 aromatic rings. The lowest BCUT2D eigenvalue weighted by atomic mass is 9.90. The summed E-state index contributed by atoms with van der Waals surface area (Å²) < 4.78 is 0. The average molecular weight is 534 g/mol. The van der Waals surface area contributed by atoms with E-state index in [4.69, 9.17) is 5.26 Å². The minimum absolute atomic E-state index is 0.0833. The Morgan fingerprint density at radius 3 is 2.27 bits per heavy atom. The molecule has 2 N–H and O–H groups in total. The molecule has 0 radical (unpaired) electrons. The molecule has 2 heterocycles. The van der Waals surface area contributed by atoms with Crippen LogP contribution in [0.2, 0.25) is 0 Å². The van der Waals surface area contributed by atoms with E-state index in [-0.39, 0.29) is 24.0 Å². The summed E-state index contributed by atoms with van der Waals surface area (Å²) in [5.74, 6) is 0.922. The standard InChI is InChI=1S/C32H35N7O/c33-20-24-16-18-38(19-17-24)28-11-13-30(14-12-28)39(32(40)36-22-25-4-2-1-3-5-25)29-9-7-27(8-10-29)37-31-15-6-26(21-34)23-35-31/h1-6,11-15,23-24,27,29H,7-10,16-19,22H2,(H,35,37)(H,36,40). The number of nitrogens with one attached hydrogen (secondary N) is 2. The molecule has 2 aromatic carbocycles. The van der Waals surface area contributed by atoms with E-state index in [0.717, 1.165) is 74.4 Å². The number of rotatable bonds is 7. The molecule has 1 saturated carbocycles. The van der Waals surface area contributed by atoms with E-state index in [2.05, 4.69) is 56.9 Å². The number of amides is 2.